The molecule has 0 radical (unpaired) electrons. The van der Waals surface area contributed by atoms with Crippen molar-refractivity contribution in [3.8, 4) is 34.2 Å². The van der Waals surface area contributed by atoms with Gasteiger partial charge in [0.2, 0.25) is 5.28 Å². The van der Waals surface area contributed by atoms with E-state index in [0.29, 0.717) is 39.2 Å². The van der Waals surface area contributed by atoms with E-state index in [0.717, 1.165) is 0 Å². The number of methoxy groups -OCH3 is 1. The number of aryl methyl sites for hydroxylation is 1. The molecule has 0 aliphatic carbocycles. The normalized spacial score (nSPS) is 11.2. The number of ether oxygens (including phenoxy) is 1. The first kappa shape index (κ1) is 18.8. The van der Waals surface area contributed by atoms with Gasteiger partial charge in [0.25, 0.3) is 6.43 Å². The van der Waals surface area contributed by atoms with Crippen LogP contribution in [0.15, 0.2) is 30.6 Å². The Bertz CT molecular complexity index is 1270. The molecule has 4 aromatic rings. The average Bonchev–Trinajstić information content (AvgIpc) is 3.27. The van der Waals surface area contributed by atoms with Gasteiger partial charge in [-0.1, -0.05) is 0 Å². The second-order valence-electron chi connectivity index (χ2n) is 6.20. The van der Waals surface area contributed by atoms with Crippen LogP contribution in [0.4, 0.5) is 8.78 Å². The molecule has 0 fully saturated rings. The molecule has 0 bridgehead atoms. The number of hydrogen-bond acceptors (Lipinski definition) is 5. The number of benzene rings is 1. The summed E-state index contributed by atoms with van der Waals surface area (Å²) in [6, 6.07) is 7.04. The van der Waals surface area contributed by atoms with E-state index in [1.807, 2.05) is 0 Å². The van der Waals surface area contributed by atoms with Crippen LogP contribution < -0.4 is 4.74 Å². The maximum atomic E-state index is 13.6. The Balaban J connectivity index is 2.12. The van der Waals surface area contributed by atoms with Gasteiger partial charge in [0.1, 0.15) is 17.1 Å². The molecule has 0 atom stereocenters. The average molecular weight is 415 g/mol. The van der Waals surface area contributed by atoms with E-state index in [4.69, 9.17) is 16.3 Å². The smallest absolute Gasteiger partial charge is 0.282 e. The lowest BCUT2D eigenvalue weighted by atomic mass is 9.95. The van der Waals surface area contributed by atoms with Crippen LogP contribution in [-0.4, -0.2) is 31.8 Å². The first-order valence-corrected chi connectivity index (χ1v) is 8.75. The summed E-state index contributed by atoms with van der Waals surface area (Å²) in [5, 5.41) is 14.0. The summed E-state index contributed by atoms with van der Waals surface area (Å²) >= 11 is 5.91. The molecule has 4 rings (SSSR count). The van der Waals surface area contributed by atoms with Crippen molar-refractivity contribution in [3.05, 3.63) is 47.1 Å². The van der Waals surface area contributed by atoms with Crippen molar-refractivity contribution >= 4 is 22.6 Å². The lowest BCUT2D eigenvalue weighted by molar-refractivity contribution is 0.146. The lowest BCUT2D eigenvalue weighted by Crippen LogP contribution is -1.93. The summed E-state index contributed by atoms with van der Waals surface area (Å²) in [6.45, 7) is 0. The molecule has 29 heavy (non-hydrogen) atoms. The number of H-pyrrole nitrogens is 1. The number of aromatic nitrogens is 5. The van der Waals surface area contributed by atoms with E-state index >= 15 is 0 Å². The maximum absolute atomic E-state index is 13.6. The Hall–Kier alpha value is -3.51. The Labute approximate surface area is 168 Å². The highest BCUT2D eigenvalue weighted by Gasteiger charge is 2.26. The summed E-state index contributed by atoms with van der Waals surface area (Å²) in [4.78, 5) is 11.2. The third-order valence-electron chi connectivity index (χ3n) is 4.47. The number of hydrogen-bond donors (Lipinski definition) is 1. The van der Waals surface area contributed by atoms with Crippen molar-refractivity contribution < 1.29 is 13.5 Å². The third kappa shape index (κ3) is 3.17. The first-order chi connectivity index (χ1) is 13.9. The monoisotopic (exact) mass is 414 g/mol. The van der Waals surface area contributed by atoms with Crippen LogP contribution >= 0.6 is 11.6 Å². The van der Waals surface area contributed by atoms with Gasteiger partial charge in [-0.25, -0.2) is 13.8 Å². The summed E-state index contributed by atoms with van der Waals surface area (Å²) in [7, 11) is 3.06. The standard InChI is InChI=1S/C19H13ClF2N6O/c1-28-8-13(16(27-28)17(21)22)15-14(12-7-24-19(20)26-18(12)25-15)11-5-10(29-2)4-3-9(11)6-23/h3-5,7-8,17H,1-2H3,(H,24,25,26). The Morgan fingerprint density at radius 2 is 2.10 bits per heavy atom. The number of halogens is 3. The van der Waals surface area contributed by atoms with Gasteiger partial charge >= 0.3 is 0 Å². The highest BCUT2D eigenvalue weighted by atomic mass is 35.5. The quantitative estimate of drug-likeness (QED) is 0.496. The molecule has 10 heteroatoms. The zero-order valence-electron chi connectivity index (χ0n) is 15.2. The SMILES string of the molecule is COc1ccc(C#N)c(-c2c(-c3cn(C)nc3C(F)F)[nH]c3nc(Cl)ncc23)c1. The summed E-state index contributed by atoms with van der Waals surface area (Å²) < 4.78 is 33.9. The predicted octanol–water partition coefficient (Wildman–Crippen LogP) is 4.50. The van der Waals surface area contributed by atoms with E-state index < -0.39 is 6.43 Å². The van der Waals surface area contributed by atoms with Crippen LogP contribution in [0, 0.1) is 11.3 Å². The number of nitrogens with one attached hydrogen (secondary N) is 1. The fraction of sp³-hybridized carbons (Fsp3) is 0.158. The van der Waals surface area contributed by atoms with E-state index in [1.165, 1.54) is 24.2 Å². The lowest BCUT2D eigenvalue weighted by Gasteiger charge is -2.09. The van der Waals surface area contributed by atoms with Crippen molar-refractivity contribution in [3.63, 3.8) is 0 Å². The highest BCUT2D eigenvalue weighted by molar-refractivity contribution is 6.28. The van der Waals surface area contributed by atoms with Crippen molar-refractivity contribution in [2.45, 2.75) is 6.43 Å². The zero-order chi connectivity index (χ0) is 20.7. The molecule has 0 saturated carbocycles. The minimum atomic E-state index is -2.79. The third-order valence-corrected chi connectivity index (χ3v) is 4.65. The van der Waals surface area contributed by atoms with Gasteiger partial charge in [-0.2, -0.15) is 15.3 Å². The topological polar surface area (TPSA) is 92.4 Å². The molecule has 146 valence electrons. The number of rotatable bonds is 4. The molecule has 0 spiro atoms. The molecule has 1 aromatic carbocycles. The van der Waals surface area contributed by atoms with Crippen LogP contribution in [-0.2, 0) is 7.05 Å². The van der Waals surface area contributed by atoms with Gasteiger partial charge in [-0.15, -0.1) is 0 Å². The van der Waals surface area contributed by atoms with Crippen LogP contribution in [0.2, 0.25) is 5.28 Å². The van der Waals surface area contributed by atoms with Crippen molar-refractivity contribution in [2.75, 3.05) is 7.11 Å². The van der Waals surface area contributed by atoms with Gasteiger partial charge < -0.3 is 9.72 Å². The second-order valence-corrected chi connectivity index (χ2v) is 6.54. The largest absolute Gasteiger partial charge is 0.497 e. The van der Waals surface area contributed by atoms with Crippen molar-refractivity contribution in [1.29, 1.82) is 5.26 Å². The number of aromatic amines is 1. The molecule has 3 aromatic heterocycles. The van der Waals surface area contributed by atoms with Crippen molar-refractivity contribution in [1.82, 2.24) is 24.7 Å². The molecule has 1 N–H and O–H groups in total. The van der Waals surface area contributed by atoms with Crippen LogP contribution in [0.1, 0.15) is 17.7 Å². The number of nitriles is 1. The summed E-state index contributed by atoms with van der Waals surface area (Å²) in [5.41, 5.74) is 1.81. The summed E-state index contributed by atoms with van der Waals surface area (Å²) in [5.74, 6) is 0.509. The van der Waals surface area contributed by atoms with E-state index in [-0.39, 0.29) is 16.5 Å². The van der Waals surface area contributed by atoms with Crippen LogP contribution in [0.3, 0.4) is 0 Å². The van der Waals surface area contributed by atoms with E-state index in [2.05, 4.69) is 26.1 Å². The molecule has 0 amide bonds. The van der Waals surface area contributed by atoms with Gasteiger partial charge in [0, 0.05) is 41.5 Å². The van der Waals surface area contributed by atoms with Crippen LogP contribution in [0.5, 0.6) is 5.75 Å². The fourth-order valence-electron chi connectivity index (χ4n) is 3.25. The van der Waals surface area contributed by atoms with Gasteiger partial charge in [0.05, 0.1) is 24.4 Å². The van der Waals surface area contributed by atoms with Crippen molar-refractivity contribution in [2.24, 2.45) is 7.05 Å². The molecule has 3 heterocycles. The number of fused-ring (bicyclic) bond motifs is 1. The van der Waals surface area contributed by atoms with Gasteiger partial charge in [0.15, 0.2) is 0 Å². The Morgan fingerprint density at radius 3 is 2.79 bits per heavy atom. The Kier molecular flexibility index (Phi) is 4.64. The zero-order valence-corrected chi connectivity index (χ0v) is 16.0. The molecular formula is C19H13ClF2N6O. The first-order valence-electron chi connectivity index (χ1n) is 8.37. The van der Waals surface area contributed by atoms with Gasteiger partial charge in [-0.3, -0.25) is 4.68 Å². The minimum Gasteiger partial charge on any atom is -0.497 e. The molecule has 7 nitrogen and oxygen atoms in total. The number of nitrogens with zero attached hydrogens (tertiary/aromatic N) is 5. The predicted molar refractivity (Wildman–Crippen MR) is 103 cm³/mol. The molecule has 0 saturated heterocycles. The fourth-order valence-corrected chi connectivity index (χ4v) is 3.38. The van der Waals surface area contributed by atoms with Gasteiger partial charge in [-0.05, 0) is 29.8 Å². The molecule has 0 aliphatic rings. The minimum absolute atomic E-state index is 0.00303. The summed E-state index contributed by atoms with van der Waals surface area (Å²) in [6.07, 6.45) is 0.177. The number of alkyl halides is 2. The molecule has 0 aliphatic heterocycles. The highest BCUT2D eigenvalue weighted by Crippen LogP contribution is 2.42. The Morgan fingerprint density at radius 1 is 1.31 bits per heavy atom. The van der Waals surface area contributed by atoms with E-state index in [1.54, 1.807) is 25.2 Å². The molecular weight excluding hydrogens is 402 g/mol. The van der Waals surface area contributed by atoms with Crippen LogP contribution in [0.25, 0.3) is 33.4 Å². The maximum Gasteiger partial charge on any atom is 0.282 e. The molecule has 0 unspecified atom stereocenters. The second kappa shape index (κ2) is 7.14. The van der Waals surface area contributed by atoms with E-state index in [9.17, 15) is 14.0 Å².